The molecule has 0 saturated carbocycles. The van der Waals surface area contributed by atoms with Gasteiger partial charge in [-0.1, -0.05) is 15.9 Å². The Kier molecular flexibility index (Phi) is 6.63. The van der Waals surface area contributed by atoms with Crippen molar-refractivity contribution in [2.75, 3.05) is 26.9 Å². The van der Waals surface area contributed by atoms with Crippen molar-refractivity contribution >= 4 is 15.9 Å². The zero-order valence-corrected chi connectivity index (χ0v) is 11.3. The lowest BCUT2D eigenvalue weighted by molar-refractivity contribution is 0.199. The van der Waals surface area contributed by atoms with E-state index in [0.717, 1.165) is 23.1 Å². The van der Waals surface area contributed by atoms with Crippen LogP contribution in [0.1, 0.15) is 5.56 Å². The van der Waals surface area contributed by atoms with Gasteiger partial charge in [0.2, 0.25) is 0 Å². The number of nitrogens with zero attached hydrogens (tertiary/aromatic N) is 1. The van der Waals surface area contributed by atoms with Crippen molar-refractivity contribution in [1.29, 1.82) is 5.26 Å². The molecule has 17 heavy (non-hydrogen) atoms. The third-order valence-corrected chi connectivity index (χ3v) is 2.89. The first-order chi connectivity index (χ1) is 8.27. The highest BCUT2D eigenvalue weighted by Crippen LogP contribution is 2.22. The molecule has 0 atom stereocenters. The lowest BCUT2D eigenvalue weighted by atomic mass is 10.2. The smallest absolute Gasteiger partial charge is 0.174 e. The lowest BCUT2D eigenvalue weighted by Gasteiger charge is -2.09. The summed E-state index contributed by atoms with van der Waals surface area (Å²) in [6, 6.07) is 7.61. The van der Waals surface area contributed by atoms with Crippen molar-refractivity contribution in [2.45, 2.75) is 6.54 Å². The van der Waals surface area contributed by atoms with Crippen molar-refractivity contribution in [3.05, 3.63) is 28.2 Å². The van der Waals surface area contributed by atoms with Gasteiger partial charge in [-0.3, -0.25) is 0 Å². The minimum absolute atomic E-state index is 0.0676. The van der Waals surface area contributed by atoms with Crippen LogP contribution in [-0.4, -0.2) is 26.9 Å². The summed E-state index contributed by atoms with van der Waals surface area (Å²) in [5.74, 6) is 0.707. The molecule has 0 aliphatic carbocycles. The Morgan fingerprint density at radius 2 is 2.29 bits per heavy atom. The van der Waals surface area contributed by atoms with Gasteiger partial charge in [-0.05, 0) is 23.8 Å². The Hall–Kier alpha value is -1.09. The van der Waals surface area contributed by atoms with E-state index in [0.29, 0.717) is 12.4 Å². The Morgan fingerprint density at radius 3 is 3.00 bits per heavy atom. The molecule has 0 bridgehead atoms. The lowest BCUT2D eigenvalue weighted by Crippen LogP contribution is -2.18. The van der Waals surface area contributed by atoms with Crippen LogP contribution in [0.5, 0.6) is 5.75 Å². The third-order valence-electron chi connectivity index (χ3n) is 2.12. The van der Waals surface area contributed by atoms with Gasteiger partial charge in [0.25, 0.3) is 0 Å². The summed E-state index contributed by atoms with van der Waals surface area (Å²) in [6.45, 7) is 2.28. The Balaban J connectivity index is 2.54. The molecule has 0 fully saturated rings. The minimum atomic E-state index is 0.0676. The summed E-state index contributed by atoms with van der Waals surface area (Å²) in [5, 5.41) is 11.7. The predicted molar refractivity (Wildman–Crippen MR) is 68.8 cm³/mol. The molecule has 0 aromatic heterocycles. The molecule has 0 saturated heterocycles. The summed E-state index contributed by atoms with van der Waals surface area (Å²) >= 11 is 3.48. The topological polar surface area (TPSA) is 54.3 Å². The normalized spacial score (nSPS) is 9.94. The molecule has 1 N–H and O–H groups in total. The van der Waals surface area contributed by atoms with E-state index in [1.807, 2.05) is 24.3 Å². The molecule has 0 aliphatic heterocycles. The molecular formula is C12H15BrN2O2. The molecule has 1 aromatic rings. The number of ether oxygens (including phenoxy) is 2. The van der Waals surface area contributed by atoms with E-state index >= 15 is 0 Å². The maximum atomic E-state index is 8.44. The molecule has 5 heteroatoms. The second-order valence-corrected chi connectivity index (χ2v) is 4.22. The molecular weight excluding hydrogens is 284 g/mol. The zero-order valence-electron chi connectivity index (χ0n) is 9.70. The van der Waals surface area contributed by atoms with Gasteiger partial charge in [0, 0.05) is 24.7 Å². The molecule has 4 nitrogen and oxygen atoms in total. The van der Waals surface area contributed by atoms with Crippen LogP contribution in [0.15, 0.2) is 22.7 Å². The molecule has 0 amide bonds. The quantitative estimate of drug-likeness (QED) is 0.783. The van der Waals surface area contributed by atoms with Gasteiger partial charge in [-0.2, -0.15) is 5.26 Å². The summed E-state index contributed by atoms with van der Waals surface area (Å²) in [5.41, 5.74) is 1.09. The largest absolute Gasteiger partial charge is 0.479 e. The molecule has 1 aromatic carbocycles. The first-order valence-corrected chi connectivity index (χ1v) is 6.05. The molecule has 0 unspecified atom stereocenters. The second-order valence-electron chi connectivity index (χ2n) is 3.37. The highest BCUT2D eigenvalue weighted by atomic mass is 79.9. The Morgan fingerprint density at radius 1 is 1.47 bits per heavy atom. The zero-order chi connectivity index (χ0) is 12.5. The minimum Gasteiger partial charge on any atom is -0.479 e. The highest BCUT2D eigenvalue weighted by molar-refractivity contribution is 9.10. The van der Waals surface area contributed by atoms with Gasteiger partial charge in [-0.25, -0.2) is 0 Å². The molecule has 0 aliphatic rings. The van der Waals surface area contributed by atoms with Crippen LogP contribution < -0.4 is 10.1 Å². The fourth-order valence-electron chi connectivity index (χ4n) is 1.29. The summed E-state index contributed by atoms with van der Waals surface area (Å²) in [6.07, 6.45) is 0. The highest BCUT2D eigenvalue weighted by Gasteiger charge is 2.02. The third kappa shape index (κ3) is 5.18. The van der Waals surface area contributed by atoms with E-state index in [9.17, 15) is 0 Å². The van der Waals surface area contributed by atoms with Crippen LogP contribution in [-0.2, 0) is 11.3 Å². The summed E-state index contributed by atoms with van der Waals surface area (Å²) in [4.78, 5) is 0. The average molecular weight is 299 g/mol. The SMILES string of the molecule is COCCNCc1cc(OCC#N)ccc1Br. The monoisotopic (exact) mass is 298 g/mol. The van der Waals surface area contributed by atoms with Crippen LogP contribution in [0.4, 0.5) is 0 Å². The molecule has 92 valence electrons. The Bertz CT molecular complexity index is 391. The fourth-order valence-corrected chi connectivity index (χ4v) is 1.68. The standard InChI is InChI=1S/C12H15BrN2O2/c1-16-7-5-15-9-10-8-11(17-6-4-14)2-3-12(10)13/h2-3,8,15H,5-7,9H2,1H3. The van der Waals surface area contributed by atoms with Crippen molar-refractivity contribution in [1.82, 2.24) is 5.32 Å². The first kappa shape index (κ1) is 14.0. The van der Waals surface area contributed by atoms with Gasteiger partial charge < -0.3 is 14.8 Å². The van der Waals surface area contributed by atoms with Crippen molar-refractivity contribution in [3.63, 3.8) is 0 Å². The number of benzene rings is 1. The summed E-state index contributed by atoms with van der Waals surface area (Å²) < 4.78 is 11.2. The van der Waals surface area contributed by atoms with Gasteiger partial charge in [0.05, 0.1) is 6.61 Å². The van der Waals surface area contributed by atoms with Crippen molar-refractivity contribution in [2.24, 2.45) is 0 Å². The van der Waals surface area contributed by atoms with E-state index in [4.69, 9.17) is 14.7 Å². The van der Waals surface area contributed by atoms with Crippen molar-refractivity contribution in [3.8, 4) is 11.8 Å². The van der Waals surface area contributed by atoms with Gasteiger partial charge in [-0.15, -0.1) is 0 Å². The van der Waals surface area contributed by atoms with E-state index in [1.165, 1.54) is 0 Å². The van der Waals surface area contributed by atoms with Crippen LogP contribution in [0, 0.1) is 11.3 Å². The fraction of sp³-hybridized carbons (Fsp3) is 0.417. The average Bonchev–Trinajstić information content (AvgIpc) is 2.35. The number of methoxy groups -OCH3 is 1. The predicted octanol–water partition coefficient (Wildman–Crippen LogP) is 2.09. The van der Waals surface area contributed by atoms with E-state index in [-0.39, 0.29) is 6.61 Å². The van der Waals surface area contributed by atoms with E-state index in [1.54, 1.807) is 7.11 Å². The summed E-state index contributed by atoms with van der Waals surface area (Å²) in [7, 11) is 1.67. The molecule has 0 heterocycles. The molecule has 0 spiro atoms. The van der Waals surface area contributed by atoms with Crippen LogP contribution >= 0.6 is 15.9 Å². The van der Waals surface area contributed by atoms with Gasteiger partial charge in [0.15, 0.2) is 6.61 Å². The van der Waals surface area contributed by atoms with Crippen LogP contribution in [0.2, 0.25) is 0 Å². The molecule has 0 radical (unpaired) electrons. The first-order valence-electron chi connectivity index (χ1n) is 5.25. The van der Waals surface area contributed by atoms with Crippen LogP contribution in [0.3, 0.4) is 0 Å². The number of hydrogen-bond donors (Lipinski definition) is 1. The second kappa shape index (κ2) is 8.07. The maximum absolute atomic E-state index is 8.44. The van der Waals surface area contributed by atoms with Gasteiger partial charge >= 0.3 is 0 Å². The number of halogens is 1. The number of nitrogens with one attached hydrogen (secondary N) is 1. The Labute approximate surface area is 110 Å². The van der Waals surface area contributed by atoms with E-state index < -0.39 is 0 Å². The van der Waals surface area contributed by atoms with E-state index in [2.05, 4.69) is 21.2 Å². The number of rotatable bonds is 7. The number of nitriles is 1. The van der Waals surface area contributed by atoms with Crippen LogP contribution in [0.25, 0.3) is 0 Å². The van der Waals surface area contributed by atoms with Gasteiger partial charge in [0.1, 0.15) is 11.8 Å². The molecule has 1 rings (SSSR count). The number of hydrogen-bond acceptors (Lipinski definition) is 4. The maximum Gasteiger partial charge on any atom is 0.174 e. The van der Waals surface area contributed by atoms with Crippen molar-refractivity contribution < 1.29 is 9.47 Å².